The normalized spacial score (nSPS) is 10.3. The number of nitrogens with two attached hydrogens (primary N) is 1. The Hall–Kier alpha value is -4.43. The van der Waals surface area contributed by atoms with Gasteiger partial charge in [-0.3, -0.25) is 0 Å². The quantitative estimate of drug-likeness (QED) is 0.564. The molecule has 0 aliphatic rings. The van der Waals surface area contributed by atoms with Gasteiger partial charge in [-0.1, -0.05) is 0 Å². The van der Waals surface area contributed by atoms with Crippen molar-refractivity contribution >= 4 is 35.3 Å². The molecule has 0 bridgehead atoms. The number of aromatic nitrogens is 3. The van der Waals surface area contributed by atoms with E-state index in [0.717, 1.165) is 28.1 Å². The van der Waals surface area contributed by atoms with Crippen LogP contribution in [0.2, 0.25) is 0 Å². The molecule has 0 atom stereocenters. The predicted molar refractivity (Wildman–Crippen MR) is 113 cm³/mol. The highest BCUT2D eigenvalue weighted by atomic mass is 15.2. The standard InChI is InChI=1S/C21H18N8/c1-13-10-16(4-3-9-22)11-14(2)18(13)26-21-28-19(24)27-20(29-21)25-17-7-5-15(12-23)6-8-17/h3-8,10-11H,1-2H3,(H4,24,25,26,27,28,29). The van der Waals surface area contributed by atoms with Crippen LogP contribution in [0.5, 0.6) is 0 Å². The lowest BCUT2D eigenvalue weighted by Crippen LogP contribution is -2.08. The molecule has 4 N–H and O–H groups in total. The van der Waals surface area contributed by atoms with Crippen LogP contribution in [-0.4, -0.2) is 15.0 Å². The van der Waals surface area contributed by atoms with Gasteiger partial charge in [-0.15, -0.1) is 0 Å². The second-order valence-corrected chi connectivity index (χ2v) is 6.27. The van der Waals surface area contributed by atoms with Crippen molar-refractivity contribution in [2.75, 3.05) is 16.4 Å². The zero-order chi connectivity index (χ0) is 20.8. The number of hydrogen-bond acceptors (Lipinski definition) is 8. The summed E-state index contributed by atoms with van der Waals surface area (Å²) in [5, 5.41) is 23.8. The SMILES string of the molecule is Cc1cc(C=CC#N)cc(C)c1Nc1nc(N)nc(Nc2ccc(C#N)cc2)n1. The molecule has 8 heteroatoms. The average Bonchev–Trinajstić information content (AvgIpc) is 2.69. The molecule has 0 radical (unpaired) electrons. The molecular formula is C21H18N8. The molecule has 142 valence electrons. The fraction of sp³-hybridized carbons (Fsp3) is 0.0952. The fourth-order valence-electron chi connectivity index (χ4n) is 2.80. The lowest BCUT2D eigenvalue weighted by atomic mass is 10.0. The third-order valence-corrected chi connectivity index (χ3v) is 4.06. The summed E-state index contributed by atoms with van der Waals surface area (Å²) in [5.41, 5.74) is 10.9. The first-order chi connectivity index (χ1) is 14.0. The topological polar surface area (TPSA) is 136 Å². The van der Waals surface area contributed by atoms with Crippen molar-refractivity contribution in [1.29, 1.82) is 10.5 Å². The summed E-state index contributed by atoms with van der Waals surface area (Å²) in [6, 6.07) is 14.9. The molecule has 0 amide bonds. The second kappa shape index (κ2) is 8.51. The largest absolute Gasteiger partial charge is 0.368 e. The van der Waals surface area contributed by atoms with Gasteiger partial charge in [0.15, 0.2) is 0 Å². The molecule has 0 saturated carbocycles. The Morgan fingerprint density at radius 1 is 0.931 bits per heavy atom. The van der Waals surface area contributed by atoms with Crippen molar-refractivity contribution in [2.24, 2.45) is 0 Å². The molecule has 0 fully saturated rings. The minimum Gasteiger partial charge on any atom is -0.368 e. The number of hydrogen-bond donors (Lipinski definition) is 3. The Morgan fingerprint density at radius 2 is 1.55 bits per heavy atom. The molecule has 1 aromatic heterocycles. The van der Waals surface area contributed by atoms with Gasteiger partial charge in [-0.25, -0.2) is 0 Å². The molecule has 0 spiro atoms. The summed E-state index contributed by atoms with van der Waals surface area (Å²) >= 11 is 0. The van der Waals surface area contributed by atoms with Gasteiger partial charge in [0.1, 0.15) is 0 Å². The van der Waals surface area contributed by atoms with E-state index in [0.29, 0.717) is 11.5 Å². The van der Waals surface area contributed by atoms with Crippen LogP contribution in [-0.2, 0) is 0 Å². The summed E-state index contributed by atoms with van der Waals surface area (Å²) < 4.78 is 0. The number of benzene rings is 2. The molecular weight excluding hydrogens is 364 g/mol. The van der Waals surface area contributed by atoms with Crippen molar-refractivity contribution in [3.05, 3.63) is 64.7 Å². The minimum absolute atomic E-state index is 0.0718. The fourth-order valence-corrected chi connectivity index (χ4v) is 2.80. The monoisotopic (exact) mass is 382 g/mol. The van der Waals surface area contributed by atoms with Crippen molar-refractivity contribution in [3.63, 3.8) is 0 Å². The third kappa shape index (κ3) is 4.85. The van der Waals surface area contributed by atoms with Gasteiger partial charge in [-0.05, 0) is 73.0 Å². The van der Waals surface area contributed by atoms with Crippen LogP contribution < -0.4 is 16.4 Å². The lowest BCUT2D eigenvalue weighted by molar-refractivity contribution is 1.07. The smallest absolute Gasteiger partial charge is 0.233 e. The first-order valence-corrected chi connectivity index (χ1v) is 8.71. The predicted octanol–water partition coefficient (Wildman–Crippen LogP) is 3.97. The highest BCUT2D eigenvalue weighted by molar-refractivity contribution is 5.68. The summed E-state index contributed by atoms with van der Waals surface area (Å²) in [6.45, 7) is 3.92. The zero-order valence-electron chi connectivity index (χ0n) is 15.9. The molecule has 1 heterocycles. The molecule has 0 unspecified atom stereocenters. The number of allylic oxidation sites excluding steroid dienone is 1. The molecule has 0 aliphatic heterocycles. The summed E-state index contributed by atoms with van der Waals surface area (Å²) in [7, 11) is 0. The van der Waals surface area contributed by atoms with E-state index in [1.54, 1.807) is 30.3 Å². The molecule has 3 rings (SSSR count). The maximum Gasteiger partial charge on any atom is 0.233 e. The lowest BCUT2D eigenvalue weighted by Gasteiger charge is -2.14. The number of nitriles is 2. The van der Waals surface area contributed by atoms with E-state index >= 15 is 0 Å². The van der Waals surface area contributed by atoms with E-state index in [2.05, 4.69) is 31.7 Å². The van der Waals surface area contributed by atoms with Crippen molar-refractivity contribution in [1.82, 2.24) is 15.0 Å². The van der Waals surface area contributed by atoms with E-state index in [4.69, 9.17) is 16.3 Å². The Balaban J connectivity index is 1.86. The molecule has 0 aliphatic carbocycles. The Morgan fingerprint density at radius 3 is 2.14 bits per heavy atom. The van der Waals surface area contributed by atoms with Gasteiger partial charge in [0.25, 0.3) is 0 Å². The maximum atomic E-state index is 8.89. The van der Waals surface area contributed by atoms with Crippen LogP contribution in [0, 0.1) is 36.5 Å². The van der Waals surface area contributed by atoms with E-state index in [9.17, 15) is 0 Å². The maximum absolute atomic E-state index is 8.89. The Labute approximate surface area is 168 Å². The first kappa shape index (κ1) is 19.3. The first-order valence-electron chi connectivity index (χ1n) is 8.71. The molecule has 29 heavy (non-hydrogen) atoms. The van der Waals surface area contributed by atoms with Gasteiger partial charge in [0.2, 0.25) is 17.8 Å². The van der Waals surface area contributed by atoms with Gasteiger partial charge < -0.3 is 16.4 Å². The zero-order valence-corrected chi connectivity index (χ0v) is 15.9. The van der Waals surface area contributed by atoms with Crippen molar-refractivity contribution in [3.8, 4) is 12.1 Å². The summed E-state index contributed by atoms with van der Waals surface area (Å²) in [6.07, 6.45) is 3.19. The van der Waals surface area contributed by atoms with E-state index in [-0.39, 0.29) is 11.9 Å². The van der Waals surface area contributed by atoms with E-state index in [1.165, 1.54) is 6.08 Å². The number of nitrogens with one attached hydrogen (secondary N) is 2. The number of rotatable bonds is 5. The van der Waals surface area contributed by atoms with Crippen molar-refractivity contribution in [2.45, 2.75) is 13.8 Å². The average molecular weight is 382 g/mol. The van der Waals surface area contributed by atoms with Gasteiger partial charge >= 0.3 is 0 Å². The molecule has 0 saturated heterocycles. The van der Waals surface area contributed by atoms with Crippen molar-refractivity contribution < 1.29 is 0 Å². The van der Waals surface area contributed by atoms with Crippen LogP contribution in [0.15, 0.2) is 42.5 Å². The Bertz CT molecular complexity index is 1130. The molecule has 3 aromatic rings. The highest BCUT2D eigenvalue weighted by Gasteiger charge is 2.10. The molecule has 8 nitrogen and oxygen atoms in total. The van der Waals surface area contributed by atoms with Crippen LogP contribution >= 0.6 is 0 Å². The van der Waals surface area contributed by atoms with E-state index < -0.39 is 0 Å². The van der Waals surface area contributed by atoms with Gasteiger partial charge in [0, 0.05) is 17.5 Å². The number of aryl methyl sites for hydroxylation is 2. The number of nitrogens with zero attached hydrogens (tertiary/aromatic N) is 5. The molecule has 2 aromatic carbocycles. The van der Waals surface area contributed by atoms with Crippen LogP contribution in [0.4, 0.5) is 29.2 Å². The van der Waals surface area contributed by atoms with Gasteiger partial charge in [-0.2, -0.15) is 25.5 Å². The highest BCUT2D eigenvalue weighted by Crippen LogP contribution is 2.26. The minimum atomic E-state index is 0.0718. The summed E-state index contributed by atoms with van der Waals surface area (Å²) in [4.78, 5) is 12.6. The van der Waals surface area contributed by atoms with E-state index in [1.807, 2.05) is 32.0 Å². The van der Waals surface area contributed by atoms with Crippen LogP contribution in [0.1, 0.15) is 22.3 Å². The number of anilines is 5. The number of nitrogen functional groups attached to an aromatic ring is 1. The van der Waals surface area contributed by atoms with Crippen LogP contribution in [0.25, 0.3) is 6.08 Å². The Kier molecular flexibility index (Phi) is 5.67. The van der Waals surface area contributed by atoms with Gasteiger partial charge in [0.05, 0.1) is 17.7 Å². The summed E-state index contributed by atoms with van der Waals surface area (Å²) in [5.74, 6) is 0.663. The third-order valence-electron chi connectivity index (χ3n) is 4.06. The second-order valence-electron chi connectivity index (χ2n) is 6.27. The van der Waals surface area contributed by atoms with Crippen LogP contribution in [0.3, 0.4) is 0 Å².